The SMILES string of the molecule is CCN(C(=O)c1ccco1)c1cccc2ccccc12. The molecule has 0 N–H and O–H groups in total. The first kappa shape index (κ1) is 12.5. The summed E-state index contributed by atoms with van der Waals surface area (Å²) in [6.45, 7) is 2.55. The molecule has 1 heterocycles. The van der Waals surface area contributed by atoms with Crippen molar-refractivity contribution < 1.29 is 9.21 Å². The topological polar surface area (TPSA) is 33.5 Å². The van der Waals surface area contributed by atoms with E-state index < -0.39 is 0 Å². The normalized spacial score (nSPS) is 10.7. The molecule has 1 amide bonds. The van der Waals surface area contributed by atoms with E-state index in [0.717, 1.165) is 16.5 Å². The zero-order chi connectivity index (χ0) is 13.9. The van der Waals surface area contributed by atoms with Gasteiger partial charge in [0.25, 0.3) is 5.91 Å². The third-order valence-electron chi connectivity index (χ3n) is 3.35. The molecular formula is C17H15NO2. The predicted octanol–water partition coefficient (Wildman–Crippen LogP) is 4.10. The summed E-state index contributed by atoms with van der Waals surface area (Å²) < 4.78 is 5.22. The van der Waals surface area contributed by atoms with Crippen molar-refractivity contribution >= 4 is 22.4 Å². The highest BCUT2D eigenvalue weighted by molar-refractivity contribution is 6.09. The molecule has 100 valence electrons. The Morgan fingerprint density at radius 2 is 1.85 bits per heavy atom. The van der Waals surface area contributed by atoms with Crippen molar-refractivity contribution in [1.29, 1.82) is 0 Å². The number of nitrogens with zero attached hydrogens (tertiary/aromatic N) is 1. The van der Waals surface area contributed by atoms with E-state index in [1.54, 1.807) is 17.0 Å². The van der Waals surface area contributed by atoms with E-state index in [0.29, 0.717) is 12.3 Å². The molecule has 0 aliphatic heterocycles. The van der Waals surface area contributed by atoms with Crippen LogP contribution in [0.4, 0.5) is 5.69 Å². The third-order valence-corrected chi connectivity index (χ3v) is 3.35. The monoisotopic (exact) mass is 265 g/mol. The number of amides is 1. The number of carbonyl (C=O) groups is 1. The molecule has 0 fully saturated rings. The summed E-state index contributed by atoms with van der Waals surface area (Å²) in [7, 11) is 0. The number of rotatable bonds is 3. The van der Waals surface area contributed by atoms with Crippen molar-refractivity contribution in [2.75, 3.05) is 11.4 Å². The average Bonchev–Trinajstić information content (AvgIpc) is 3.02. The number of benzene rings is 2. The van der Waals surface area contributed by atoms with Crippen LogP contribution in [-0.4, -0.2) is 12.5 Å². The summed E-state index contributed by atoms with van der Waals surface area (Å²) in [5.41, 5.74) is 0.909. The molecule has 3 aromatic rings. The largest absolute Gasteiger partial charge is 0.459 e. The second-order valence-corrected chi connectivity index (χ2v) is 4.52. The van der Waals surface area contributed by atoms with Crippen LogP contribution in [0.2, 0.25) is 0 Å². The minimum atomic E-state index is -0.117. The Hall–Kier alpha value is -2.55. The fourth-order valence-electron chi connectivity index (χ4n) is 2.40. The molecule has 0 aliphatic carbocycles. The van der Waals surface area contributed by atoms with E-state index >= 15 is 0 Å². The third kappa shape index (κ3) is 2.07. The zero-order valence-corrected chi connectivity index (χ0v) is 11.2. The molecule has 0 saturated heterocycles. The molecule has 0 saturated carbocycles. The Morgan fingerprint density at radius 1 is 1.05 bits per heavy atom. The van der Waals surface area contributed by atoms with Gasteiger partial charge in [0, 0.05) is 11.9 Å². The van der Waals surface area contributed by atoms with Gasteiger partial charge in [-0.2, -0.15) is 0 Å². The van der Waals surface area contributed by atoms with Crippen LogP contribution in [0.25, 0.3) is 10.8 Å². The van der Waals surface area contributed by atoms with E-state index in [4.69, 9.17) is 4.42 Å². The molecule has 0 bridgehead atoms. The van der Waals surface area contributed by atoms with Gasteiger partial charge in [-0.15, -0.1) is 0 Å². The predicted molar refractivity (Wildman–Crippen MR) is 80.0 cm³/mol. The number of hydrogen-bond donors (Lipinski definition) is 0. The maximum Gasteiger partial charge on any atom is 0.293 e. The maximum atomic E-state index is 12.5. The van der Waals surface area contributed by atoms with Crippen LogP contribution < -0.4 is 4.90 Å². The lowest BCUT2D eigenvalue weighted by atomic mass is 10.1. The van der Waals surface area contributed by atoms with E-state index in [-0.39, 0.29) is 5.91 Å². The summed E-state index contributed by atoms with van der Waals surface area (Å²) in [6, 6.07) is 17.5. The standard InChI is InChI=1S/C17H15NO2/c1-2-18(17(19)16-11-6-12-20-16)15-10-5-8-13-7-3-4-9-14(13)15/h3-12H,2H2,1H3. The molecule has 2 aromatic carbocycles. The molecular weight excluding hydrogens is 250 g/mol. The lowest BCUT2D eigenvalue weighted by Crippen LogP contribution is -2.30. The Bertz CT molecular complexity index is 726. The summed E-state index contributed by atoms with van der Waals surface area (Å²) >= 11 is 0. The van der Waals surface area contributed by atoms with Crippen LogP contribution in [-0.2, 0) is 0 Å². The van der Waals surface area contributed by atoms with Crippen LogP contribution in [0, 0.1) is 0 Å². The van der Waals surface area contributed by atoms with Crippen molar-refractivity contribution in [3.63, 3.8) is 0 Å². The summed E-state index contributed by atoms with van der Waals surface area (Å²) in [5, 5.41) is 2.19. The minimum Gasteiger partial charge on any atom is -0.459 e. The number of anilines is 1. The average molecular weight is 265 g/mol. The Kier molecular flexibility index (Phi) is 3.25. The molecule has 0 spiro atoms. The molecule has 0 aliphatic rings. The molecule has 3 heteroatoms. The van der Waals surface area contributed by atoms with Gasteiger partial charge in [0.1, 0.15) is 0 Å². The van der Waals surface area contributed by atoms with Gasteiger partial charge in [0.15, 0.2) is 5.76 Å². The van der Waals surface area contributed by atoms with Gasteiger partial charge >= 0.3 is 0 Å². The lowest BCUT2D eigenvalue weighted by Gasteiger charge is -2.21. The molecule has 3 rings (SSSR count). The summed E-state index contributed by atoms with van der Waals surface area (Å²) in [4.78, 5) is 14.3. The zero-order valence-electron chi connectivity index (χ0n) is 11.2. The number of furan rings is 1. The molecule has 3 nitrogen and oxygen atoms in total. The first-order chi connectivity index (χ1) is 9.81. The highest BCUT2D eigenvalue weighted by Crippen LogP contribution is 2.27. The second-order valence-electron chi connectivity index (χ2n) is 4.52. The molecule has 0 atom stereocenters. The summed E-state index contributed by atoms with van der Waals surface area (Å²) in [5.74, 6) is 0.244. The molecule has 20 heavy (non-hydrogen) atoms. The van der Waals surface area contributed by atoms with Crippen molar-refractivity contribution in [3.8, 4) is 0 Å². The molecule has 0 unspecified atom stereocenters. The number of carbonyl (C=O) groups excluding carboxylic acids is 1. The van der Waals surface area contributed by atoms with Crippen LogP contribution in [0.3, 0.4) is 0 Å². The minimum absolute atomic E-state index is 0.117. The Balaban J connectivity index is 2.10. The van der Waals surface area contributed by atoms with Gasteiger partial charge in [-0.05, 0) is 30.5 Å². The first-order valence-electron chi connectivity index (χ1n) is 6.64. The second kappa shape index (κ2) is 5.21. The van der Waals surface area contributed by atoms with Crippen LogP contribution in [0.15, 0.2) is 65.3 Å². The van der Waals surface area contributed by atoms with E-state index in [1.807, 2.05) is 49.4 Å². The summed E-state index contributed by atoms with van der Waals surface area (Å²) in [6.07, 6.45) is 1.52. The van der Waals surface area contributed by atoms with E-state index in [1.165, 1.54) is 6.26 Å². The fraction of sp³-hybridized carbons (Fsp3) is 0.118. The van der Waals surface area contributed by atoms with Gasteiger partial charge in [0.05, 0.1) is 12.0 Å². The van der Waals surface area contributed by atoms with Crippen molar-refractivity contribution in [3.05, 3.63) is 66.6 Å². The Morgan fingerprint density at radius 3 is 2.60 bits per heavy atom. The fourth-order valence-corrected chi connectivity index (χ4v) is 2.40. The van der Waals surface area contributed by atoms with Crippen molar-refractivity contribution in [1.82, 2.24) is 0 Å². The van der Waals surface area contributed by atoms with Gasteiger partial charge in [-0.25, -0.2) is 0 Å². The molecule has 0 radical (unpaired) electrons. The van der Waals surface area contributed by atoms with E-state index in [2.05, 4.69) is 0 Å². The van der Waals surface area contributed by atoms with Crippen molar-refractivity contribution in [2.24, 2.45) is 0 Å². The maximum absolute atomic E-state index is 12.5. The van der Waals surface area contributed by atoms with Gasteiger partial charge < -0.3 is 9.32 Å². The lowest BCUT2D eigenvalue weighted by molar-refractivity contribution is 0.0962. The van der Waals surface area contributed by atoms with Gasteiger partial charge in [0.2, 0.25) is 0 Å². The van der Waals surface area contributed by atoms with E-state index in [9.17, 15) is 4.79 Å². The van der Waals surface area contributed by atoms with Crippen LogP contribution >= 0.6 is 0 Å². The first-order valence-corrected chi connectivity index (χ1v) is 6.64. The Labute approximate surface area is 117 Å². The van der Waals surface area contributed by atoms with Gasteiger partial charge in [-0.1, -0.05) is 36.4 Å². The van der Waals surface area contributed by atoms with Crippen molar-refractivity contribution in [2.45, 2.75) is 6.92 Å². The molecule has 1 aromatic heterocycles. The highest BCUT2D eigenvalue weighted by atomic mass is 16.3. The van der Waals surface area contributed by atoms with Crippen LogP contribution in [0.5, 0.6) is 0 Å². The number of fused-ring (bicyclic) bond motifs is 1. The number of hydrogen-bond acceptors (Lipinski definition) is 2. The quantitative estimate of drug-likeness (QED) is 0.714. The van der Waals surface area contributed by atoms with Gasteiger partial charge in [-0.3, -0.25) is 4.79 Å². The van der Waals surface area contributed by atoms with Crippen LogP contribution in [0.1, 0.15) is 17.5 Å². The highest BCUT2D eigenvalue weighted by Gasteiger charge is 2.19. The smallest absolute Gasteiger partial charge is 0.293 e.